The largest absolute Gasteiger partial charge is 0.481 e. The van der Waals surface area contributed by atoms with Crippen LogP contribution in [0.2, 0.25) is 0 Å². The number of nitrogens with one attached hydrogen (secondary N) is 2. The third-order valence-electron chi connectivity index (χ3n) is 2.94. The lowest BCUT2D eigenvalue weighted by Crippen LogP contribution is -2.35. The summed E-state index contributed by atoms with van der Waals surface area (Å²) in [6.07, 6.45) is -0.417. The molecule has 0 saturated heterocycles. The molecule has 2 amide bonds. The van der Waals surface area contributed by atoms with Gasteiger partial charge in [-0.1, -0.05) is 0 Å². The third-order valence-corrected chi connectivity index (χ3v) is 5.34. The lowest BCUT2D eigenvalue weighted by Gasteiger charge is -2.10. The molecule has 0 aliphatic heterocycles. The number of nitrogens with zero attached hydrogens (tertiary/aromatic N) is 2. The first-order chi connectivity index (χ1) is 12.6. The van der Waals surface area contributed by atoms with Gasteiger partial charge in [0.15, 0.2) is 0 Å². The van der Waals surface area contributed by atoms with E-state index in [0.717, 1.165) is 11.3 Å². The molecule has 0 spiro atoms. The fourth-order valence-electron chi connectivity index (χ4n) is 1.93. The van der Waals surface area contributed by atoms with Gasteiger partial charge < -0.3 is 9.47 Å². The maximum Gasteiger partial charge on any atom is 0.349 e. The van der Waals surface area contributed by atoms with Gasteiger partial charge in [-0.05, 0) is 32.2 Å². The second-order valence-electron chi connectivity index (χ2n) is 5.50. The van der Waals surface area contributed by atoms with Crippen LogP contribution in [0.25, 0.3) is 0 Å². The molecule has 0 bridgehead atoms. The van der Waals surface area contributed by atoms with Gasteiger partial charge in [-0.15, -0.1) is 11.3 Å². The van der Waals surface area contributed by atoms with Crippen molar-refractivity contribution in [3.05, 3.63) is 28.1 Å². The van der Waals surface area contributed by atoms with E-state index in [2.05, 4.69) is 15.3 Å². The van der Waals surface area contributed by atoms with Crippen LogP contribution in [0.5, 0.6) is 5.88 Å². The Labute approximate surface area is 160 Å². The van der Waals surface area contributed by atoms with Crippen molar-refractivity contribution in [3.8, 4) is 5.88 Å². The van der Waals surface area contributed by atoms with Crippen molar-refractivity contribution >= 4 is 39.3 Å². The highest BCUT2D eigenvalue weighted by molar-refractivity contribution is 7.90. The Morgan fingerprint density at radius 1 is 1.26 bits per heavy atom. The van der Waals surface area contributed by atoms with E-state index in [0.29, 0.717) is 5.69 Å². The molecule has 27 heavy (non-hydrogen) atoms. The van der Waals surface area contributed by atoms with Crippen molar-refractivity contribution in [1.82, 2.24) is 14.7 Å². The minimum absolute atomic E-state index is 0.127. The van der Waals surface area contributed by atoms with Gasteiger partial charge in [0, 0.05) is 11.8 Å². The van der Waals surface area contributed by atoms with Crippen LogP contribution in [0.4, 0.5) is 10.7 Å². The van der Waals surface area contributed by atoms with E-state index in [-0.39, 0.29) is 21.6 Å². The summed E-state index contributed by atoms with van der Waals surface area (Å²) in [4.78, 5) is 31.5. The Hall–Kier alpha value is -2.73. The van der Waals surface area contributed by atoms with Crippen LogP contribution >= 0.6 is 11.3 Å². The van der Waals surface area contributed by atoms with Gasteiger partial charge in [0.1, 0.15) is 9.77 Å². The number of rotatable bonds is 6. The number of aryl methyl sites for hydroxylation is 1. The number of urea groups is 1. The standard InChI is InChI=1S/C15H18N4O6S2/c1-8(2)25-13(20)12-10(5-6-26-12)27(22,23)19-15(21)18-14-16-9(3)7-11(17-14)24-4/h5-8H,1-4H3,(H2,16,17,18,19,21). The van der Waals surface area contributed by atoms with E-state index in [9.17, 15) is 18.0 Å². The summed E-state index contributed by atoms with van der Waals surface area (Å²) >= 11 is 0.898. The van der Waals surface area contributed by atoms with E-state index >= 15 is 0 Å². The third kappa shape index (κ3) is 5.37. The molecule has 2 aromatic rings. The molecule has 0 aromatic carbocycles. The normalized spacial score (nSPS) is 11.1. The van der Waals surface area contributed by atoms with E-state index in [1.807, 2.05) is 4.72 Å². The topological polar surface area (TPSA) is 137 Å². The lowest BCUT2D eigenvalue weighted by molar-refractivity contribution is 0.0379. The number of carbonyl (C=O) groups excluding carboxylic acids is 2. The van der Waals surface area contributed by atoms with Crippen molar-refractivity contribution < 1.29 is 27.5 Å². The molecule has 0 radical (unpaired) electrons. The molecule has 0 unspecified atom stereocenters. The van der Waals surface area contributed by atoms with Crippen molar-refractivity contribution in [3.63, 3.8) is 0 Å². The molecule has 146 valence electrons. The number of thiophene rings is 1. The van der Waals surface area contributed by atoms with E-state index in [1.165, 1.54) is 24.6 Å². The summed E-state index contributed by atoms with van der Waals surface area (Å²) in [6.45, 7) is 4.94. The van der Waals surface area contributed by atoms with Crippen molar-refractivity contribution in [2.24, 2.45) is 0 Å². The molecular formula is C15H18N4O6S2. The number of sulfonamides is 1. The Kier molecular flexibility index (Phi) is 6.33. The van der Waals surface area contributed by atoms with Crippen LogP contribution < -0.4 is 14.8 Å². The predicted octanol–water partition coefficient (Wildman–Crippen LogP) is 1.93. The Balaban J connectivity index is 2.17. The number of carbonyl (C=O) groups is 2. The van der Waals surface area contributed by atoms with Gasteiger partial charge in [0.2, 0.25) is 11.8 Å². The number of ether oxygens (including phenoxy) is 2. The average molecular weight is 414 g/mol. The minimum Gasteiger partial charge on any atom is -0.481 e. The average Bonchev–Trinajstić information content (AvgIpc) is 3.03. The van der Waals surface area contributed by atoms with Gasteiger partial charge in [-0.2, -0.15) is 4.98 Å². The fraction of sp³-hybridized carbons (Fsp3) is 0.333. The Morgan fingerprint density at radius 2 is 1.96 bits per heavy atom. The molecule has 10 nitrogen and oxygen atoms in total. The number of anilines is 1. The van der Waals surface area contributed by atoms with Crippen molar-refractivity contribution in [2.45, 2.75) is 31.8 Å². The first-order valence-electron chi connectivity index (χ1n) is 7.64. The smallest absolute Gasteiger partial charge is 0.349 e. The van der Waals surface area contributed by atoms with Crippen LogP contribution in [0.3, 0.4) is 0 Å². The molecule has 12 heteroatoms. The van der Waals surface area contributed by atoms with Crippen LogP contribution in [0, 0.1) is 6.92 Å². The molecule has 0 aliphatic rings. The monoisotopic (exact) mass is 414 g/mol. The quantitative estimate of drug-likeness (QED) is 0.684. The molecule has 0 fully saturated rings. The molecule has 0 atom stereocenters. The summed E-state index contributed by atoms with van der Waals surface area (Å²) in [6, 6.07) is 1.67. The molecule has 2 aromatic heterocycles. The molecule has 2 heterocycles. The molecule has 2 N–H and O–H groups in total. The van der Waals surface area contributed by atoms with Crippen LogP contribution in [-0.2, 0) is 14.8 Å². The highest BCUT2D eigenvalue weighted by Crippen LogP contribution is 2.23. The van der Waals surface area contributed by atoms with Gasteiger partial charge >= 0.3 is 12.0 Å². The molecule has 0 aliphatic carbocycles. The second-order valence-corrected chi connectivity index (χ2v) is 8.07. The zero-order valence-electron chi connectivity index (χ0n) is 15.0. The zero-order chi connectivity index (χ0) is 20.2. The van der Waals surface area contributed by atoms with E-state index in [4.69, 9.17) is 9.47 Å². The van der Waals surface area contributed by atoms with Crippen molar-refractivity contribution in [1.29, 1.82) is 0 Å². The minimum atomic E-state index is -4.31. The van der Waals surface area contributed by atoms with Gasteiger partial charge in [-0.25, -0.2) is 27.7 Å². The summed E-state index contributed by atoms with van der Waals surface area (Å²) in [7, 11) is -2.92. The number of hydrogen-bond acceptors (Lipinski definition) is 9. The predicted molar refractivity (Wildman–Crippen MR) is 97.5 cm³/mol. The number of amides is 2. The van der Waals surface area contributed by atoms with Gasteiger partial charge in [0.25, 0.3) is 10.0 Å². The highest BCUT2D eigenvalue weighted by atomic mass is 32.2. The molecule has 2 rings (SSSR count). The van der Waals surface area contributed by atoms with Crippen LogP contribution in [0.15, 0.2) is 22.4 Å². The van der Waals surface area contributed by atoms with Crippen LogP contribution in [-0.4, -0.2) is 43.6 Å². The highest BCUT2D eigenvalue weighted by Gasteiger charge is 2.27. The van der Waals surface area contributed by atoms with Crippen LogP contribution in [0.1, 0.15) is 29.2 Å². The van der Waals surface area contributed by atoms with Gasteiger partial charge in [-0.3, -0.25) is 5.32 Å². The number of methoxy groups -OCH3 is 1. The van der Waals surface area contributed by atoms with E-state index < -0.39 is 28.1 Å². The lowest BCUT2D eigenvalue weighted by atomic mass is 10.4. The summed E-state index contributed by atoms with van der Waals surface area (Å²) in [5, 5.41) is 3.63. The molecule has 0 saturated carbocycles. The summed E-state index contributed by atoms with van der Waals surface area (Å²) in [5.74, 6) is -0.714. The SMILES string of the molecule is COc1cc(C)nc(NC(=O)NS(=O)(=O)c2ccsc2C(=O)OC(C)C)n1. The number of aromatic nitrogens is 2. The Morgan fingerprint density at radius 3 is 2.59 bits per heavy atom. The Bertz CT molecular complexity index is 955. The first-order valence-corrected chi connectivity index (χ1v) is 10.0. The summed E-state index contributed by atoms with van der Waals surface area (Å²) in [5.41, 5.74) is 0.511. The fourth-order valence-corrected chi connectivity index (χ4v) is 4.14. The summed E-state index contributed by atoms with van der Waals surface area (Å²) < 4.78 is 36.7. The maximum atomic E-state index is 12.5. The first kappa shape index (κ1) is 20.6. The molecular weight excluding hydrogens is 396 g/mol. The van der Waals surface area contributed by atoms with Crippen molar-refractivity contribution in [2.75, 3.05) is 12.4 Å². The maximum absolute atomic E-state index is 12.5. The van der Waals surface area contributed by atoms with Gasteiger partial charge in [0.05, 0.1) is 13.2 Å². The number of hydrogen-bond donors (Lipinski definition) is 2. The zero-order valence-corrected chi connectivity index (χ0v) is 16.6. The second kappa shape index (κ2) is 8.31. The number of esters is 1. The van der Waals surface area contributed by atoms with E-state index in [1.54, 1.807) is 20.8 Å².